The molecule has 0 aliphatic carbocycles. The molecule has 0 fully saturated rings. The number of ether oxygens (including phenoxy) is 3. The first kappa shape index (κ1) is 20.5. The predicted molar refractivity (Wildman–Crippen MR) is 119 cm³/mol. The van der Waals surface area contributed by atoms with Gasteiger partial charge in [-0.05, 0) is 48.5 Å². The van der Waals surface area contributed by atoms with Gasteiger partial charge in [-0.3, -0.25) is 4.72 Å². The lowest BCUT2D eigenvalue weighted by Gasteiger charge is -2.19. The van der Waals surface area contributed by atoms with Crippen molar-refractivity contribution >= 4 is 26.9 Å². The number of anilines is 1. The predicted octanol–water partition coefficient (Wildman–Crippen LogP) is 3.87. The van der Waals surface area contributed by atoms with E-state index in [-0.39, 0.29) is 16.6 Å². The van der Waals surface area contributed by atoms with Gasteiger partial charge in [0, 0.05) is 6.07 Å². The molecule has 3 aromatic carbocycles. The van der Waals surface area contributed by atoms with Gasteiger partial charge in [-0.1, -0.05) is 12.1 Å². The van der Waals surface area contributed by atoms with Crippen LogP contribution in [0.2, 0.25) is 0 Å². The normalized spacial score (nSPS) is 12.7. The van der Waals surface area contributed by atoms with Crippen molar-refractivity contribution in [3.05, 3.63) is 72.3 Å². The number of sulfonamides is 1. The number of hydrogen-bond acceptors (Lipinski definition) is 8. The van der Waals surface area contributed by atoms with E-state index in [1.54, 1.807) is 54.6 Å². The Hall–Kier alpha value is -4.36. The summed E-state index contributed by atoms with van der Waals surface area (Å²) < 4.78 is 45.5. The van der Waals surface area contributed by atoms with Crippen LogP contribution in [-0.4, -0.2) is 31.6 Å². The third kappa shape index (κ3) is 4.22. The Labute approximate surface area is 189 Å². The molecule has 4 aromatic rings. The molecule has 164 valence electrons. The van der Waals surface area contributed by atoms with Crippen LogP contribution in [-0.2, 0) is 10.0 Å². The molecule has 0 atom stereocenters. The topological polar surface area (TPSA) is 123 Å². The highest BCUT2D eigenvalue weighted by molar-refractivity contribution is 7.92. The average molecular weight is 460 g/mol. The van der Waals surface area contributed by atoms with Crippen molar-refractivity contribution in [1.82, 2.24) is 9.97 Å². The fourth-order valence-electron chi connectivity index (χ4n) is 3.21. The summed E-state index contributed by atoms with van der Waals surface area (Å²) in [4.78, 5) is 8.83. The number of nitrogens with one attached hydrogen (secondary N) is 1. The molecule has 0 saturated heterocycles. The Bertz CT molecular complexity index is 1500. The van der Waals surface area contributed by atoms with Gasteiger partial charge in [-0.2, -0.15) is 5.26 Å². The van der Waals surface area contributed by atoms with E-state index in [1.165, 1.54) is 12.1 Å². The van der Waals surface area contributed by atoms with Gasteiger partial charge < -0.3 is 14.2 Å². The lowest BCUT2D eigenvalue weighted by atomic mass is 10.2. The van der Waals surface area contributed by atoms with Gasteiger partial charge in [-0.25, -0.2) is 18.4 Å². The van der Waals surface area contributed by atoms with Crippen molar-refractivity contribution < 1.29 is 22.6 Å². The second-order valence-electron chi connectivity index (χ2n) is 7.02. The van der Waals surface area contributed by atoms with Crippen LogP contribution in [0.3, 0.4) is 0 Å². The second kappa shape index (κ2) is 8.29. The molecular formula is C23H16N4O5S. The number of aromatic nitrogens is 2. The molecule has 0 saturated carbocycles. The minimum Gasteiger partial charge on any atom is -0.486 e. The molecule has 1 aliphatic heterocycles. The lowest BCUT2D eigenvalue weighted by Crippen LogP contribution is -2.18. The summed E-state index contributed by atoms with van der Waals surface area (Å²) >= 11 is 0. The van der Waals surface area contributed by atoms with Crippen LogP contribution in [0.4, 0.5) is 5.82 Å². The van der Waals surface area contributed by atoms with E-state index in [1.807, 2.05) is 6.07 Å². The van der Waals surface area contributed by atoms with Crippen molar-refractivity contribution in [2.75, 3.05) is 17.9 Å². The molecule has 10 heteroatoms. The molecule has 0 amide bonds. The SMILES string of the molecule is N#Cc1ccc(Oc2nc3ccccc3nc2NS(=O)(=O)c2ccc3c(c2)OCCO3)cc1. The largest absolute Gasteiger partial charge is 0.486 e. The summed E-state index contributed by atoms with van der Waals surface area (Å²) in [5.41, 5.74) is 1.49. The molecule has 5 rings (SSSR count). The zero-order valence-electron chi connectivity index (χ0n) is 17.1. The van der Waals surface area contributed by atoms with E-state index >= 15 is 0 Å². The standard InChI is InChI=1S/C23H16N4O5S/c24-14-15-5-7-16(8-6-15)32-23-22(25-18-3-1-2-4-19(18)26-23)27-33(28,29)17-9-10-20-21(13-17)31-12-11-30-20/h1-10,13H,11-12H2,(H,25,27). The summed E-state index contributed by atoms with van der Waals surface area (Å²) in [7, 11) is -4.05. The Morgan fingerprint density at radius 3 is 2.33 bits per heavy atom. The molecule has 0 unspecified atom stereocenters. The van der Waals surface area contributed by atoms with Crippen LogP contribution < -0.4 is 18.9 Å². The highest BCUT2D eigenvalue weighted by Gasteiger charge is 2.23. The van der Waals surface area contributed by atoms with Crippen molar-refractivity contribution in [2.45, 2.75) is 4.90 Å². The number of nitriles is 1. The third-order valence-corrected chi connectivity index (χ3v) is 6.13. The number of benzene rings is 3. The van der Waals surface area contributed by atoms with E-state index in [2.05, 4.69) is 14.7 Å². The summed E-state index contributed by atoms with van der Waals surface area (Å²) in [6.45, 7) is 0.739. The first-order chi connectivity index (χ1) is 16.0. The van der Waals surface area contributed by atoms with Crippen LogP contribution in [0.15, 0.2) is 71.6 Å². The Morgan fingerprint density at radius 2 is 1.61 bits per heavy atom. The molecule has 1 aliphatic rings. The molecule has 0 bridgehead atoms. The van der Waals surface area contributed by atoms with Crippen LogP contribution in [0.5, 0.6) is 23.1 Å². The average Bonchev–Trinajstić information content (AvgIpc) is 2.84. The zero-order chi connectivity index (χ0) is 22.8. The summed E-state index contributed by atoms with van der Waals surface area (Å²) in [6.07, 6.45) is 0. The van der Waals surface area contributed by atoms with E-state index in [0.29, 0.717) is 47.1 Å². The van der Waals surface area contributed by atoms with E-state index < -0.39 is 10.0 Å². The highest BCUT2D eigenvalue weighted by atomic mass is 32.2. The quantitative estimate of drug-likeness (QED) is 0.476. The number of rotatable bonds is 5. The van der Waals surface area contributed by atoms with Gasteiger partial charge in [-0.15, -0.1) is 0 Å². The van der Waals surface area contributed by atoms with E-state index in [4.69, 9.17) is 19.5 Å². The van der Waals surface area contributed by atoms with Gasteiger partial charge in [0.2, 0.25) is 5.82 Å². The molecule has 1 aromatic heterocycles. The van der Waals surface area contributed by atoms with Gasteiger partial charge >= 0.3 is 0 Å². The third-order valence-electron chi connectivity index (χ3n) is 4.79. The fourth-order valence-corrected chi connectivity index (χ4v) is 4.22. The Kier molecular flexibility index (Phi) is 5.16. The maximum absolute atomic E-state index is 13.1. The van der Waals surface area contributed by atoms with Gasteiger partial charge in [0.1, 0.15) is 19.0 Å². The van der Waals surface area contributed by atoms with Crippen molar-refractivity contribution in [3.63, 3.8) is 0 Å². The van der Waals surface area contributed by atoms with E-state index in [9.17, 15) is 8.42 Å². The van der Waals surface area contributed by atoms with Crippen molar-refractivity contribution in [3.8, 4) is 29.2 Å². The minimum absolute atomic E-state index is 0.0222. The molecule has 9 nitrogen and oxygen atoms in total. The molecule has 2 heterocycles. The smallest absolute Gasteiger partial charge is 0.264 e. The lowest BCUT2D eigenvalue weighted by molar-refractivity contribution is 0.171. The highest BCUT2D eigenvalue weighted by Crippen LogP contribution is 2.34. The van der Waals surface area contributed by atoms with Crippen LogP contribution in [0.1, 0.15) is 5.56 Å². The Balaban J connectivity index is 1.53. The minimum atomic E-state index is -4.05. The monoisotopic (exact) mass is 460 g/mol. The molecule has 0 radical (unpaired) electrons. The molecule has 1 N–H and O–H groups in total. The van der Waals surface area contributed by atoms with Gasteiger partial charge in [0.15, 0.2) is 11.5 Å². The van der Waals surface area contributed by atoms with Crippen molar-refractivity contribution in [2.24, 2.45) is 0 Å². The molecular weight excluding hydrogens is 444 g/mol. The fraction of sp³-hybridized carbons (Fsp3) is 0.0870. The second-order valence-corrected chi connectivity index (χ2v) is 8.70. The zero-order valence-corrected chi connectivity index (χ0v) is 17.9. The van der Waals surface area contributed by atoms with Crippen LogP contribution in [0, 0.1) is 11.3 Å². The maximum Gasteiger partial charge on any atom is 0.264 e. The maximum atomic E-state index is 13.1. The van der Waals surface area contributed by atoms with Gasteiger partial charge in [0.25, 0.3) is 15.9 Å². The number of para-hydroxylation sites is 2. The first-order valence-corrected chi connectivity index (χ1v) is 11.4. The van der Waals surface area contributed by atoms with Crippen molar-refractivity contribution in [1.29, 1.82) is 5.26 Å². The first-order valence-electron chi connectivity index (χ1n) is 9.89. The summed E-state index contributed by atoms with van der Waals surface area (Å²) in [5.74, 6) is 1.10. The molecule has 0 spiro atoms. The Morgan fingerprint density at radius 1 is 0.909 bits per heavy atom. The van der Waals surface area contributed by atoms with E-state index in [0.717, 1.165) is 0 Å². The summed E-state index contributed by atoms with van der Waals surface area (Å²) in [6, 6.07) is 19.8. The molecule has 33 heavy (non-hydrogen) atoms. The number of hydrogen-bond donors (Lipinski definition) is 1. The number of nitrogens with zero attached hydrogens (tertiary/aromatic N) is 3. The van der Waals surface area contributed by atoms with Gasteiger partial charge in [0.05, 0.1) is 27.6 Å². The number of fused-ring (bicyclic) bond motifs is 2. The summed E-state index contributed by atoms with van der Waals surface area (Å²) in [5, 5.41) is 8.98. The van der Waals surface area contributed by atoms with Crippen LogP contribution >= 0.6 is 0 Å². The van der Waals surface area contributed by atoms with Crippen LogP contribution in [0.25, 0.3) is 11.0 Å².